The van der Waals surface area contributed by atoms with Crippen molar-refractivity contribution in [3.8, 4) is 5.88 Å². The number of ether oxygens (including phenoxy) is 3. The molecule has 2 fully saturated rings. The van der Waals surface area contributed by atoms with Crippen LogP contribution in [0.1, 0.15) is 52.1 Å². The van der Waals surface area contributed by atoms with Crippen molar-refractivity contribution >= 4 is 29.0 Å². The first kappa shape index (κ1) is 29.6. The molecule has 1 unspecified atom stereocenters. The number of para-hydroxylation sites is 2. The van der Waals surface area contributed by atoms with Crippen molar-refractivity contribution in [1.82, 2.24) is 20.2 Å². The predicted octanol–water partition coefficient (Wildman–Crippen LogP) is 3.80. The third-order valence-electron chi connectivity index (χ3n) is 7.72. The molecule has 1 aromatic carbocycles. The minimum atomic E-state index is -3.62. The van der Waals surface area contributed by atoms with E-state index in [4.69, 9.17) is 14.2 Å². The fourth-order valence-electron chi connectivity index (χ4n) is 5.58. The van der Waals surface area contributed by atoms with Crippen LogP contribution in [0, 0.1) is 5.41 Å². The third-order valence-corrected chi connectivity index (χ3v) is 7.72. The van der Waals surface area contributed by atoms with E-state index < -0.39 is 71.3 Å². The highest BCUT2D eigenvalue weighted by Gasteiger charge is 2.47. The van der Waals surface area contributed by atoms with E-state index in [-0.39, 0.29) is 25.1 Å². The summed E-state index contributed by atoms with van der Waals surface area (Å²) in [4.78, 5) is 48.5. The molecule has 11 nitrogen and oxygen atoms in total. The number of hydrogen-bond donors (Lipinski definition) is 2. The number of alkyl halides is 2. The lowest BCUT2D eigenvalue weighted by Gasteiger charge is -2.35. The van der Waals surface area contributed by atoms with Gasteiger partial charge in [-0.25, -0.2) is 19.6 Å². The zero-order valence-corrected chi connectivity index (χ0v) is 23.6. The summed E-state index contributed by atoms with van der Waals surface area (Å²) >= 11 is 0. The number of hydrogen-bond acceptors (Lipinski definition) is 8. The van der Waals surface area contributed by atoms with Gasteiger partial charge in [0, 0.05) is 6.42 Å². The molecule has 2 aliphatic heterocycles. The van der Waals surface area contributed by atoms with Crippen molar-refractivity contribution in [2.45, 2.75) is 82.8 Å². The maximum absolute atomic E-state index is 15.6. The Bertz CT molecular complexity index is 1400. The Balaban J connectivity index is 1.56. The molecule has 13 heteroatoms. The van der Waals surface area contributed by atoms with Crippen LogP contribution in [-0.4, -0.2) is 81.5 Å². The van der Waals surface area contributed by atoms with Crippen LogP contribution >= 0.6 is 0 Å². The fraction of sp³-hybridized carbons (Fsp3) is 0.552. The molecule has 42 heavy (non-hydrogen) atoms. The number of nitrogens with one attached hydrogen (secondary N) is 1. The molecule has 2 bridgehead atoms. The van der Waals surface area contributed by atoms with E-state index in [0.29, 0.717) is 30.9 Å². The number of halogens is 2. The molecule has 2 amide bonds. The molecule has 0 radical (unpaired) electrons. The molecular formula is C29H34F2N4O7. The standard InChI is InChI=1S/C29H34F2N4O7/c1-28(2,3)23-25(36)35-15-16(14-19(35)26(37)38)41-24-22(32-17-8-4-5-9-18(17)33-24)29(30,31)12-7-13-40-20-10-6-11-21(20)42-27(39)34-23/h4-5,7-9,12,16,19-21,23H,6,10-11,13-15H2,1-3H3,(H,34,39)(H,37,38)/b12-7+/t16-,19+,20-,21?,23-/m1/s1. The van der Waals surface area contributed by atoms with Gasteiger partial charge < -0.3 is 29.5 Å². The van der Waals surface area contributed by atoms with E-state index >= 15 is 8.78 Å². The van der Waals surface area contributed by atoms with Crippen LogP contribution in [0.3, 0.4) is 0 Å². The van der Waals surface area contributed by atoms with Gasteiger partial charge in [0.25, 0.3) is 0 Å². The van der Waals surface area contributed by atoms with Crippen molar-refractivity contribution in [1.29, 1.82) is 0 Å². The highest BCUT2D eigenvalue weighted by molar-refractivity contribution is 5.90. The van der Waals surface area contributed by atoms with Gasteiger partial charge in [-0.2, -0.15) is 8.78 Å². The Morgan fingerprint density at radius 2 is 1.79 bits per heavy atom. The number of alkyl carbamates (subject to hydrolysis) is 1. The maximum atomic E-state index is 15.6. The van der Waals surface area contributed by atoms with Crippen LogP contribution in [-0.2, 0) is 25.0 Å². The number of carboxylic acids is 1. The molecule has 1 aliphatic carbocycles. The number of nitrogens with zero attached hydrogens (tertiary/aromatic N) is 3. The largest absolute Gasteiger partial charge is 0.480 e. The summed E-state index contributed by atoms with van der Waals surface area (Å²) in [5.41, 5.74) is -1.02. The van der Waals surface area contributed by atoms with Crippen molar-refractivity contribution < 1.29 is 42.5 Å². The van der Waals surface area contributed by atoms with E-state index in [1.54, 1.807) is 45.0 Å². The van der Waals surface area contributed by atoms with Crippen molar-refractivity contribution in [2.75, 3.05) is 13.2 Å². The number of carbonyl (C=O) groups is 3. The molecule has 2 N–H and O–H groups in total. The van der Waals surface area contributed by atoms with E-state index in [2.05, 4.69) is 15.3 Å². The number of carboxylic acid groups (broad SMARTS) is 1. The van der Waals surface area contributed by atoms with Crippen molar-refractivity contribution in [3.63, 3.8) is 0 Å². The minimum Gasteiger partial charge on any atom is -0.480 e. The zero-order valence-electron chi connectivity index (χ0n) is 23.6. The van der Waals surface area contributed by atoms with Gasteiger partial charge in [0.05, 0.1) is 30.3 Å². The average molecular weight is 589 g/mol. The molecule has 1 saturated heterocycles. The van der Waals surface area contributed by atoms with Gasteiger partial charge in [0.1, 0.15) is 24.3 Å². The number of aromatic nitrogens is 2. The normalized spacial score (nSPS) is 29.4. The highest BCUT2D eigenvalue weighted by atomic mass is 19.3. The summed E-state index contributed by atoms with van der Waals surface area (Å²) in [6.07, 6.45) is 0.419. The van der Waals surface area contributed by atoms with Crippen LogP contribution in [0.4, 0.5) is 13.6 Å². The Hall–Kier alpha value is -3.87. The topological polar surface area (TPSA) is 140 Å². The van der Waals surface area contributed by atoms with Crippen LogP contribution in [0.2, 0.25) is 0 Å². The summed E-state index contributed by atoms with van der Waals surface area (Å²) in [7, 11) is 0. The zero-order chi connectivity index (χ0) is 30.2. The number of carbonyl (C=O) groups excluding carboxylic acids is 2. The molecule has 0 spiro atoms. The van der Waals surface area contributed by atoms with Gasteiger partial charge in [-0.3, -0.25) is 4.79 Å². The number of fused-ring (bicyclic) bond motifs is 5. The smallest absolute Gasteiger partial charge is 0.408 e. The molecule has 1 saturated carbocycles. The first-order valence-electron chi connectivity index (χ1n) is 13.9. The first-order chi connectivity index (χ1) is 19.8. The number of allylic oxidation sites excluding steroid dienone is 1. The molecule has 1 aromatic heterocycles. The summed E-state index contributed by atoms with van der Waals surface area (Å²) in [6.45, 7) is 4.80. The molecule has 226 valence electrons. The Labute approximate surface area is 241 Å². The van der Waals surface area contributed by atoms with Gasteiger partial charge in [0.2, 0.25) is 11.8 Å². The number of benzene rings is 1. The highest BCUT2D eigenvalue weighted by Crippen LogP contribution is 2.37. The van der Waals surface area contributed by atoms with E-state index in [1.165, 1.54) is 6.08 Å². The SMILES string of the molecule is CC(C)(C)[C@@H]1NC(=O)OC2CCC[C@H]2OC/C=C/C(F)(F)c2nc3ccccc3nc2O[C@@H]2C[C@@H](C(=O)O)N(C2)C1=O. The Kier molecular flexibility index (Phi) is 8.06. The third kappa shape index (κ3) is 6.15. The van der Waals surface area contributed by atoms with E-state index in [0.717, 1.165) is 4.90 Å². The lowest BCUT2D eigenvalue weighted by molar-refractivity contribution is -0.150. The Morgan fingerprint density at radius 1 is 1.10 bits per heavy atom. The first-order valence-corrected chi connectivity index (χ1v) is 13.9. The Morgan fingerprint density at radius 3 is 2.48 bits per heavy atom. The number of aliphatic carboxylic acids is 1. The van der Waals surface area contributed by atoms with Gasteiger partial charge >= 0.3 is 18.0 Å². The lowest BCUT2D eigenvalue weighted by atomic mass is 9.85. The van der Waals surface area contributed by atoms with Crippen LogP contribution in [0.5, 0.6) is 5.88 Å². The molecular weight excluding hydrogens is 554 g/mol. The summed E-state index contributed by atoms with van der Waals surface area (Å²) in [5, 5.41) is 12.6. The molecule has 5 rings (SSSR count). The second kappa shape index (κ2) is 11.4. The summed E-state index contributed by atoms with van der Waals surface area (Å²) in [6, 6.07) is 4.01. The molecule has 5 atom stereocenters. The minimum absolute atomic E-state index is 0.167. The summed E-state index contributed by atoms with van der Waals surface area (Å²) < 4.78 is 48.5. The van der Waals surface area contributed by atoms with Gasteiger partial charge in [-0.15, -0.1) is 0 Å². The van der Waals surface area contributed by atoms with Crippen LogP contribution in [0.25, 0.3) is 11.0 Å². The maximum Gasteiger partial charge on any atom is 0.408 e. The predicted molar refractivity (Wildman–Crippen MR) is 145 cm³/mol. The van der Waals surface area contributed by atoms with Gasteiger partial charge in [-0.05, 0) is 42.9 Å². The lowest BCUT2D eigenvalue weighted by Crippen LogP contribution is -2.57. The molecule has 2 aromatic rings. The van der Waals surface area contributed by atoms with E-state index in [9.17, 15) is 19.5 Å². The van der Waals surface area contributed by atoms with E-state index in [1.807, 2.05) is 0 Å². The van der Waals surface area contributed by atoms with Crippen LogP contribution < -0.4 is 10.1 Å². The second-order valence-electron chi connectivity index (χ2n) is 11.9. The quantitative estimate of drug-likeness (QED) is 0.476. The average Bonchev–Trinajstić information content (AvgIpc) is 3.55. The van der Waals surface area contributed by atoms with Crippen LogP contribution in [0.15, 0.2) is 36.4 Å². The van der Waals surface area contributed by atoms with Gasteiger partial charge in [-0.1, -0.05) is 39.0 Å². The molecule has 3 heterocycles. The van der Waals surface area contributed by atoms with Crippen molar-refractivity contribution in [3.05, 3.63) is 42.1 Å². The molecule has 3 aliphatic rings. The van der Waals surface area contributed by atoms with Crippen molar-refractivity contribution in [2.24, 2.45) is 5.41 Å². The number of rotatable bonds is 1. The second-order valence-corrected chi connectivity index (χ2v) is 11.9. The fourth-order valence-corrected chi connectivity index (χ4v) is 5.58. The monoisotopic (exact) mass is 588 g/mol. The summed E-state index contributed by atoms with van der Waals surface area (Å²) in [5.74, 6) is -6.03. The van der Waals surface area contributed by atoms with Gasteiger partial charge in [0.15, 0.2) is 5.69 Å². The number of amides is 2.